The van der Waals surface area contributed by atoms with Crippen LogP contribution in [-0.2, 0) is 27.9 Å². The Morgan fingerprint density at radius 3 is 1.27 bits per heavy atom. The van der Waals surface area contributed by atoms with Crippen LogP contribution >= 0.6 is 7.82 Å². The standard InChI is InChI=1S/C51H100NO7P/c1-6-8-10-12-14-16-18-20-22-24-25-26-27-28-29-31-33-35-37-39-41-43-46-56-48-50(49-58-60(54,55)57-47-45-52(3,4)5)59-51(53)44-42-40-38-36-34-32-30-23-21-19-17-15-13-11-9-7-2/h23-25,30,50H,6-22,26-29,31-49H2,1-5H3/b25-24-,30-23-. The van der Waals surface area contributed by atoms with Crippen molar-refractivity contribution in [3.63, 3.8) is 0 Å². The lowest BCUT2D eigenvalue weighted by atomic mass is 10.1. The smallest absolute Gasteiger partial charge is 0.306 e. The van der Waals surface area contributed by atoms with Gasteiger partial charge in [0.25, 0.3) is 7.82 Å². The lowest BCUT2D eigenvalue weighted by Gasteiger charge is -2.28. The second-order valence-electron chi connectivity index (χ2n) is 18.5. The van der Waals surface area contributed by atoms with Crippen LogP contribution in [0.25, 0.3) is 0 Å². The largest absolute Gasteiger partial charge is 0.756 e. The normalized spacial score (nSPS) is 13.8. The molecule has 0 aliphatic rings. The summed E-state index contributed by atoms with van der Waals surface area (Å²) in [6.45, 7) is 5.43. The van der Waals surface area contributed by atoms with E-state index in [1.807, 2.05) is 21.1 Å². The molecule has 0 fully saturated rings. The molecule has 0 N–H and O–H groups in total. The highest BCUT2D eigenvalue weighted by Gasteiger charge is 2.20. The monoisotopic (exact) mass is 870 g/mol. The van der Waals surface area contributed by atoms with Crippen LogP contribution in [0.3, 0.4) is 0 Å². The minimum Gasteiger partial charge on any atom is -0.756 e. The molecule has 0 aromatic heterocycles. The van der Waals surface area contributed by atoms with E-state index in [9.17, 15) is 14.3 Å². The van der Waals surface area contributed by atoms with Crippen molar-refractivity contribution >= 4 is 13.8 Å². The Bertz CT molecular complexity index is 1010. The summed E-state index contributed by atoms with van der Waals surface area (Å²) in [5, 5.41) is 0. The van der Waals surface area contributed by atoms with Crippen molar-refractivity contribution in [1.29, 1.82) is 0 Å². The van der Waals surface area contributed by atoms with Gasteiger partial charge in [0.15, 0.2) is 0 Å². The van der Waals surface area contributed by atoms with Crippen molar-refractivity contribution in [1.82, 2.24) is 0 Å². The molecule has 60 heavy (non-hydrogen) atoms. The lowest BCUT2D eigenvalue weighted by molar-refractivity contribution is -0.870. The fourth-order valence-electron chi connectivity index (χ4n) is 7.24. The molecule has 0 saturated heterocycles. The molecule has 2 unspecified atom stereocenters. The number of likely N-dealkylation sites (N-methyl/N-ethyl adjacent to an activating group) is 1. The number of quaternary nitrogens is 1. The molecule has 0 aliphatic carbocycles. The first-order chi connectivity index (χ1) is 29.1. The van der Waals surface area contributed by atoms with Crippen LogP contribution in [0.15, 0.2) is 24.3 Å². The van der Waals surface area contributed by atoms with Gasteiger partial charge in [-0.1, -0.05) is 192 Å². The first-order valence-electron chi connectivity index (χ1n) is 25.6. The van der Waals surface area contributed by atoms with Crippen LogP contribution in [-0.4, -0.2) is 70.7 Å². The second-order valence-corrected chi connectivity index (χ2v) is 19.9. The minimum absolute atomic E-state index is 0.0259. The second kappa shape index (κ2) is 44.6. The van der Waals surface area contributed by atoms with Crippen LogP contribution in [0.1, 0.15) is 239 Å². The summed E-state index contributed by atoms with van der Waals surface area (Å²) < 4.78 is 34.7. The molecule has 2 atom stereocenters. The SMILES string of the molecule is CCCCCCCCC/C=C\CCCCCCCC(=O)OC(COCCCCCCCCCCCC/C=C\CCCCCCCCCC)COP(=O)([O-])OCC[N+](C)(C)C. The number of phosphoric ester groups is 1. The van der Waals surface area contributed by atoms with E-state index in [-0.39, 0.29) is 25.8 Å². The molecular formula is C51H100NO7P. The van der Waals surface area contributed by atoms with E-state index in [0.717, 1.165) is 44.9 Å². The van der Waals surface area contributed by atoms with Crippen molar-refractivity contribution in [3.05, 3.63) is 24.3 Å². The van der Waals surface area contributed by atoms with E-state index in [1.165, 1.54) is 173 Å². The Balaban J connectivity index is 4.12. The van der Waals surface area contributed by atoms with E-state index in [0.29, 0.717) is 24.1 Å². The number of ether oxygens (including phenoxy) is 2. The maximum atomic E-state index is 12.7. The average Bonchev–Trinajstić information content (AvgIpc) is 3.20. The molecule has 0 saturated carbocycles. The summed E-state index contributed by atoms with van der Waals surface area (Å²) in [6, 6.07) is 0. The number of esters is 1. The highest BCUT2D eigenvalue weighted by atomic mass is 31.2. The van der Waals surface area contributed by atoms with Gasteiger partial charge in [-0.15, -0.1) is 0 Å². The summed E-state index contributed by atoms with van der Waals surface area (Å²) in [5.74, 6) is -0.339. The average molecular weight is 870 g/mol. The first-order valence-corrected chi connectivity index (χ1v) is 27.0. The first kappa shape index (κ1) is 59.0. The highest BCUT2D eigenvalue weighted by molar-refractivity contribution is 7.45. The van der Waals surface area contributed by atoms with Gasteiger partial charge in [-0.25, -0.2) is 0 Å². The van der Waals surface area contributed by atoms with Gasteiger partial charge in [0.1, 0.15) is 19.3 Å². The molecule has 8 nitrogen and oxygen atoms in total. The summed E-state index contributed by atoms with van der Waals surface area (Å²) in [5.41, 5.74) is 0. The van der Waals surface area contributed by atoms with Gasteiger partial charge in [-0.3, -0.25) is 9.36 Å². The number of phosphoric acid groups is 1. The molecule has 0 aliphatic heterocycles. The Hall–Kier alpha value is -1.02. The Labute approximate surface area is 373 Å². The number of nitrogens with zero attached hydrogens (tertiary/aromatic N) is 1. The van der Waals surface area contributed by atoms with Crippen molar-refractivity contribution in [2.75, 3.05) is 54.1 Å². The molecule has 0 rings (SSSR count). The van der Waals surface area contributed by atoms with Crippen LogP contribution in [0.4, 0.5) is 0 Å². The molecule has 0 aromatic carbocycles. The molecule has 0 amide bonds. The fraction of sp³-hybridized carbons (Fsp3) is 0.902. The van der Waals surface area contributed by atoms with Crippen molar-refractivity contribution < 1.29 is 37.3 Å². The van der Waals surface area contributed by atoms with Gasteiger partial charge < -0.3 is 27.9 Å². The summed E-state index contributed by atoms with van der Waals surface area (Å²) in [4.78, 5) is 25.1. The van der Waals surface area contributed by atoms with Crippen LogP contribution in [0, 0.1) is 0 Å². The van der Waals surface area contributed by atoms with Gasteiger partial charge in [-0.2, -0.15) is 0 Å². The van der Waals surface area contributed by atoms with Crippen molar-refractivity contribution in [3.8, 4) is 0 Å². The topological polar surface area (TPSA) is 94.1 Å². The maximum absolute atomic E-state index is 12.7. The predicted molar refractivity (Wildman–Crippen MR) is 254 cm³/mol. The van der Waals surface area contributed by atoms with E-state index in [2.05, 4.69) is 38.2 Å². The van der Waals surface area contributed by atoms with E-state index >= 15 is 0 Å². The fourth-order valence-corrected chi connectivity index (χ4v) is 7.97. The number of hydrogen-bond acceptors (Lipinski definition) is 7. The zero-order valence-electron chi connectivity index (χ0n) is 40.4. The molecule has 356 valence electrons. The van der Waals surface area contributed by atoms with Gasteiger partial charge in [0, 0.05) is 13.0 Å². The molecule has 0 radical (unpaired) electrons. The number of rotatable bonds is 48. The molecule has 0 heterocycles. The number of carbonyl (C=O) groups excluding carboxylic acids is 1. The van der Waals surface area contributed by atoms with E-state index in [4.69, 9.17) is 18.5 Å². The van der Waals surface area contributed by atoms with E-state index < -0.39 is 13.9 Å². The quantitative estimate of drug-likeness (QED) is 0.0198. The number of hydrogen-bond donors (Lipinski definition) is 0. The summed E-state index contributed by atoms with van der Waals surface area (Å²) in [6.07, 6.45) is 52.0. The van der Waals surface area contributed by atoms with Crippen LogP contribution in [0.5, 0.6) is 0 Å². The van der Waals surface area contributed by atoms with Crippen molar-refractivity contribution in [2.24, 2.45) is 0 Å². The third-order valence-corrected chi connectivity index (χ3v) is 12.2. The lowest BCUT2D eigenvalue weighted by Crippen LogP contribution is -2.37. The predicted octanol–water partition coefficient (Wildman–Crippen LogP) is 14.9. The van der Waals surface area contributed by atoms with Gasteiger partial charge >= 0.3 is 5.97 Å². The third kappa shape index (κ3) is 48.0. The molecule has 0 bridgehead atoms. The Morgan fingerprint density at radius 2 is 0.867 bits per heavy atom. The minimum atomic E-state index is -4.53. The number of carbonyl (C=O) groups is 1. The van der Waals surface area contributed by atoms with Crippen LogP contribution < -0.4 is 4.89 Å². The van der Waals surface area contributed by atoms with Gasteiger partial charge in [0.05, 0.1) is 34.4 Å². The van der Waals surface area contributed by atoms with E-state index in [1.54, 1.807) is 0 Å². The molecular weight excluding hydrogens is 770 g/mol. The molecule has 0 aromatic rings. The Kier molecular flexibility index (Phi) is 43.8. The van der Waals surface area contributed by atoms with Crippen molar-refractivity contribution in [2.45, 2.75) is 245 Å². The summed E-state index contributed by atoms with van der Waals surface area (Å²) >= 11 is 0. The molecule has 0 spiro atoms. The third-order valence-electron chi connectivity index (χ3n) is 11.2. The Morgan fingerprint density at radius 1 is 0.500 bits per heavy atom. The zero-order chi connectivity index (χ0) is 44.1. The summed E-state index contributed by atoms with van der Waals surface area (Å²) in [7, 11) is 1.36. The number of allylic oxidation sites excluding steroid dienone is 4. The van der Waals surface area contributed by atoms with Gasteiger partial charge in [-0.05, 0) is 64.2 Å². The molecule has 9 heteroatoms. The highest BCUT2D eigenvalue weighted by Crippen LogP contribution is 2.38. The zero-order valence-corrected chi connectivity index (χ0v) is 41.3. The van der Waals surface area contributed by atoms with Gasteiger partial charge in [0.2, 0.25) is 0 Å². The number of unbranched alkanes of at least 4 members (excludes halogenated alkanes) is 30. The van der Waals surface area contributed by atoms with Crippen LogP contribution in [0.2, 0.25) is 0 Å². The maximum Gasteiger partial charge on any atom is 0.306 e.